The minimum absolute atomic E-state index is 0.288. The van der Waals surface area contributed by atoms with Crippen LogP contribution in [-0.2, 0) is 10.5 Å². The number of allylic oxidation sites excluding steroid dienone is 1. The van der Waals surface area contributed by atoms with Gasteiger partial charge in [-0.15, -0.1) is 5.10 Å². The normalized spacial score (nSPS) is 14.0. The van der Waals surface area contributed by atoms with Gasteiger partial charge in [0.15, 0.2) is 11.5 Å². The predicted octanol–water partition coefficient (Wildman–Crippen LogP) is 8.52. The fourth-order valence-electron chi connectivity index (χ4n) is 5.28. The third-order valence-corrected chi connectivity index (χ3v) is 8.84. The summed E-state index contributed by atoms with van der Waals surface area (Å²) in [5.74, 6) is 2.68. The molecule has 0 aliphatic carbocycles. The van der Waals surface area contributed by atoms with Crippen LogP contribution in [0, 0.1) is 0 Å². The number of anilines is 2. The first kappa shape index (κ1) is 33.2. The van der Waals surface area contributed by atoms with Crippen LogP contribution in [0.5, 0.6) is 17.2 Å². The molecule has 2 N–H and O–H groups in total. The van der Waals surface area contributed by atoms with Crippen molar-refractivity contribution in [1.82, 2.24) is 14.8 Å². The highest BCUT2D eigenvalue weighted by molar-refractivity contribution is 7.98. The van der Waals surface area contributed by atoms with Crippen LogP contribution in [0.25, 0.3) is 0 Å². The number of rotatable bonds is 15. The summed E-state index contributed by atoms with van der Waals surface area (Å²) in [5.41, 5.74) is 3.52. The number of aromatic nitrogens is 3. The molecule has 9 nitrogen and oxygen atoms in total. The number of thioether (sulfide) groups is 1. The Morgan fingerprint density at radius 2 is 1.80 bits per heavy atom. The molecule has 1 aromatic heterocycles. The summed E-state index contributed by atoms with van der Waals surface area (Å²) < 4.78 is 19.4. The van der Waals surface area contributed by atoms with Gasteiger partial charge in [0.1, 0.15) is 11.8 Å². The highest BCUT2D eigenvalue weighted by Crippen LogP contribution is 2.40. The van der Waals surface area contributed by atoms with Crippen LogP contribution in [0.3, 0.4) is 0 Å². The van der Waals surface area contributed by atoms with Gasteiger partial charge in [0, 0.05) is 16.5 Å². The van der Waals surface area contributed by atoms with Gasteiger partial charge in [0.2, 0.25) is 11.1 Å². The number of nitrogens with zero attached hydrogens (tertiary/aromatic N) is 3. The van der Waals surface area contributed by atoms with Crippen LogP contribution in [-0.4, -0.2) is 41.0 Å². The van der Waals surface area contributed by atoms with Crippen LogP contribution < -0.4 is 24.8 Å². The van der Waals surface area contributed by atoms with E-state index in [9.17, 15) is 4.79 Å². The summed E-state index contributed by atoms with van der Waals surface area (Å²) in [4.78, 5) is 18.9. The number of ether oxygens (including phenoxy) is 3. The maximum absolute atomic E-state index is 14.1. The molecule has 242 valence electrons. The lowest BCUT2D eigenvalue weighted by Gasteiger charge is -2.29. The lowest BCUT2D eigenvalue weighted by Crippen LogP contribution is -2.31. The number of methoxy groups -OCH3 is 1. The Bertz CT molecular complexity index is 1690. The molecule has 0 spiro atoms. The van der Waals surface area contributed by atoms with Gasteiger partial charge in [-0.2, -0.15) is 4.98 Å². The summed E-state index contributed by atoms with van der Waals surface area (Å²) in [6, 6.07) is 20.3. The van der Waals surface area contributed by atoms with E-state index in [1.54, 1.807) is 11.8 Å². The maximum Gasteiger partial charge on any atom is 0.255 e. The molecule has 0 saturated heterocycles. The molecule has 1 aliphatic heterocycles. The molecule has 46 heavy (non-hydrogen) atoms. The molecule has 1 aliphatic rings. The summed E-state index contributed by atoms with van der Waals surface area (Å²) in [5, 5.41) is 12.5. The Hall–Kier alpha value is -4.15. The van der Waals surface area contributed by atoms with E-state index in [4.69, 9.17) is 35.9 Å². The number of halogens is 1. The van der Waals surface area contributed by atoms with Gasteiger partial charge in [-0.25, -0.2) is 4.68 Å². The summed E-state index contributed by atoms with van der Waals surface area (Å²) in [7, 11) is 1.62. The Labute approximate surface area is 279 Å². The molecule has 1 atom stereocenters. The lowest BCUT2D eigenvalue weighted by atomic mass is 9.94. The molecule has 0 fully saturated rings. The molecule has 2 heterocycles. The van der Waals surface area contributed by atoms with Gasteiger partial charge in [-0.05, 0) is 61.7 Å². The monoisotopic (exact) mass is 661 g/mol. The number of amides is 1. The van der Waals surface area contributed by atoms with Crippen molar-refractivity contribution in [3.8, 4) is 17.2 Å². The predicted molar refractivity (Wildman–Crippen MR) is 184 cm³/mol. The second-order valence-corrected chi connectivity index (χ2v) is 12.2. The van der Waals surface area contributed by atoms with Gasteiger partial charge >= 0.3 is 0 Å². The number of hydrogen-bond donors (Lipinski definition) is 2. The van der Waals surface area contributed by atoms with Crippen molar-refractivity contribution < 1.29 is 19.0 Å². The topological polar surface area (TPSA) is 99.5 Å². The number of unbranched alkanes of at least 4 members (excludes halogenated alkanes) is 3. The van der Waals surface area contributed by atoms with Crippen molar-refractivity contribution >= 4 is 40.9 Å². The first-order valence-corrected chi connectivity index (χ1v) is 16.9. The Morgan fingerprint density at radius 1 is 1.00 bits per heavy atom. The summed E-state index contributed by atoms with van der Waals surface area (Å²) in [6.45, 7) is 7.05. The van der Waals surface area contributed by atoms with Gasteiger partial charge in [0.05, 0.1) is 31.6 Å². The average Bonchev–Trinajstić information content (AvgIpc) is 3.47. The van der Waals surface area contributed by atoms with E-state index < -0.39 is 6.04 Å². The Kier molecular flexibility index (Phi) is 11.5. The molecule has 3 aromatic carbocycles. The standard InChI is InChI=1S/C35H40ClN5O4S/c1-5-7-8-13-20-45-29-19-18-24(21-30(29)43-4)32-31(33(42)38-27-16-11-12-17-28(27)44-6-2)23(3)37-34-39-35(40-41(32)34)46-22-25-14-9-10-15-26(25)36/h9-12,14-19,21,32H,5-8,13,20,22H2,1-4H3,(H,38,42)(H,37,39,40). The average molecular weight is 662 g/mol. The number of carbonyl (C=O) groups is 1. The fraction of sp³-hybridized carbons (Fsp3) is 0.343. The van der Waals surface area contributed by atoms with E-state index in [1.165, 1.54) is 24.6 Å². The zero-order valence-electron chi connectivity index (χ0n) is 26.6. The van der Waals surface area contributed by atoms with Crippen LogP contribution in [0.2, 0.25) is 5.02 Å². The quantitative estimate of drug-likeness (QED) is 0.0966. The molecule has 4 aromatic rings. The Morgan fingerprint density at radius 3 is 2.59 bits per heavy atom. The van der Waals surface area contributed by atoms with E-state index in [0.29, 0.717) is 69.3 Å². The SMILES string of the molecule is CCCCCCOc1ccc(C2C(C(=O)Nc3ccccc3OCC)=C(C)Nc3nc(SCc4ccccc4Cl)nn32)cc1OC. The molecule has 5 rings (SSSR count). The lowest BCUT2D eigenvalue weighted by molar-refractivity contribution is -0.113. The van der Waals surface area contributed by atoms with Crippen LogP contribution in [0.1, 0.15) is 63.6 Å². The van der Waals surface area contributed by atoms with Crippen LogP contribution in [0.15, 0.2) is 83.2 Å². The number of benzene rings is 3. The molecule has 0 saturated carbocycles. The van der Waals surface area contributed by atoms with E-state index >= 15 is 0 Å². The number of fused-ring (bicyclic) bond motifs is 1. The fourth-order valence-corrected chi connectivity index (χ4v) is 6.39. The van der Waals surface area contributed by atoms with Gasteiger partial charge in [-0.3, -0.25) is 4.79 Å². The van der Waals surface area contributed by atoms with E-state index in [0.717, 1.165) is 24.0 Å². The first-order valence-electron chi connectivity index (χ1n) is 15.6. The molecule has 0 radical (unpaired) electrons. The molecule has 11 heteroatoms. The molecule has 1 amide bonds. The zero-order chi connectivity index (χ0) is 32.5. The number of para-hydroxylation sites is 2. The van der Waals surface area contributed by atoms with Gasteiger partial charge in [-0.1, -0.05) is 85.9 Å². The summed E-state index contributed by atoms with van der Waals surface area (Å²) in [6.07, 6.45) is 4.44. The Balaban J connectivity index is 1.49. The third kappa shape index (κ3) is 7.79. The van der Waals surface area contributed by atoms with Crippen molar-refractivity contribution in [2.75, 3.05) is 31.0 Å². The van der Waals surface area contributed by atoms with E-state index in [-0.39, 0.29) is 5.91 Å². The van der Waals surface area contributed by atoms with Crippen LogP contribution in [0.4, 0.5) is 11.6 Å². The largest absolute Gasteiger partial charge is 0.493 e. The van der Waals surface area contributed by atoms with Gasteiger partial charge in [0.25, 0.3) is 5.91 Å². The molecular weight excluding hydrogens is 622 g/mol. The maximum atomic E-state index is 14.1. The zero-order valence-corrected chi connectivity index (χ0v) is 28.2. The number of carbonyl (C=O) groups excluding carboxylic acids is 1. The first-order chi connectivity index (χ1) is 22.4. The third-order valence-electron chi connectivity index (χ3n) is 7.59. The van der Waals surface area contributed by atoms with Crippen molar-refractivity contribution in [1.29, 1.82) is 0 Å². The second kappa shape index (κ2) is 15.9. The molecule has 1 unspecified atom stereocenters. The minimum Gasteiger partial charge on any atom is -0.493 e. The number of hydrogen-bond acceptors (Lipinski definition) is 8. The van der Waals surface area contributed by atoms with Crippen LogP contribution >= 0.6 is 23.4 Å². The summed E-state index contributed by atoms with van der Waals surface area (Å²) >= 11 is 7.88. The van der Waals surface area contributed by atoms with Gasteiger partial charge < -0.3 is 24.8 Å². The second-order valence-electron chi connectivity index (χ2n) is 10.8. The molecule has 0 bridgehead atoms. The number of nitrogens with one attached hydrogen (secondary N) is 2. The van der Waals surface area contributed by atoms with Crippen molar-refractivity contribution in [3.63, 3.8) is 0 Å². The minimum atomic E-state index is -0.606. The van der Waals surface area contributed by atoms with E-state index in [2.05, 4.69) is 17.6 Å². The van der Waals surface area contributed by atoms with E-state index in [1.807, 2.05) is 80.6 Å². The van der Waals surface area contributed by atoms with Crippen molar-refractivity contribution in [2.45, 2.75) is 63.4 Å². The van der Waals surface area contributed by atoms with Crippen molar-refractivity contribution in [2.24, 2.45) is 0 Å². The highest BCUT2D eigenvalue weighted by atomic mass is 35.5. The van der Waals surface area contributed by atoms with Crippen molar-refractivity contribution in [3.05, 3.63) is 94.1 Å². The smallest absolute Gasteiger partial charge is 0.255 e. The highest BCUT2D eigenvalue weighted by Gasteiger charge is 2.35. The molecular formula is C35H40ClN5O4S.